The average Bonchev–Trinajstić information content (AvgIpc) is 3.49. The van der Waals surface area contributed by atoms with Gasteiger partial charge in [0.15, 0.2) is 14.9 Å². The van der Waals surface area contributed by atoms with Crippen LogP contribution in [0.2, 0.25) is 0 Å². The molecular weight excluding hydrogens is 708 g/mol. The van der Waals surface area contributed by atoms with E-state index in [4.69, 9.17) is 4.74 Å². The third-order valence-corrected chi connectivity index (χ3v) is 8.95. The lowest BCUT2D eigenvalue weighted by atomic mass is 10.2. The molecule has 254 valence electrons. The number of alkyl halides is 9. The van der Waals surface area contributed by atoms with Crippen molar-refractivity contribution < 1.29 is 52.7 Å². The quantitative estimate of drug-likeness (QED) is 0.122. The van der Waals surface area contributed by atoms with Gasteiger partial charge in [-0.05, 0) is 44.2 Å². The van der Waals surface area contributed by atoms with Gasteiger partial charge >= 0.3 is 18.5 Å². The minimum atomic E-state index is -4.54. The maximum absolute atomic E-state index is 12.9. The maximum Gasteiger partial charge on any atom is 0.416 e. The molecule has 0 unspecified atom stereocenters. The lowest BCUT2D eigenvalue weighted by Gasteiger charge is -2.11. The molecule has 47 heavy (non-hydrogen) atoms. The van der Waals surface area contributed by atoms with Crippen molar-refractivity contribution in [3.05, 3.63) is 63.4 Å². The molecule has 0 bridgehead atoms. The lowest BCUT2D eigenvalue weighted by molar-refractivity contribution is -0.138. The Balaban J connectivity index is 0.000000223. The number of fused-ring (bicyclic) bond motifs is 2. The third kappa shape index (κ3) is 10.2. The van der Waals surface area contributed by atoms with Crippen molar-refractivity contribution in [3.8, 4) is 11.6 Å². The first-order valence-corrected chi connectivity index (χ1v) is 16.8. The summed E-state index contributed by atoms with van der Waals surface area (Å²) < 4.78 is 142. The Kier molecular flexibility index (Phi) is 10.4. The van der Waals surface area contributed by atoms with Gasteiger partial charge in [-0.3, -0.25) is 0 Å². The van der Waals surface area contributed by atoms with Crippen LogP contribution in [0.1, 0.15) is 39.8 Å². The normalized spacial score (nSPS) is 12.8. The second-order valence-corrected chi connectivity index (χ2v) is 14.6. The van der Waals surface area contributed by atoms with Gasteiger partial charge in [0.05, 0.1) is 23.8 Å². The van der Waals surface area contributed by atoms with Crippen LogP contribution in [0.5, 0.6) is 11.6 Å². The zero-order valence-electron chi connectivity index (χ0n) is 24.4. The molecule has 0 aliphatic rings. The van der Waals surface area contributed by atoms with Crippen molar-refractivity contribution in [1.29, 1.82) is 0 Å². The molecule has 5 aromatic rings. The predicted octanol–water partition coefficient (Wildman–Crippen LogP) is 9.20. The van der Waals surface area contributed by atoms with E-state index in [9.17, 15) is 47.9 Å². The second kappa shape index (κ2) is 13.5. The molecule has 0 aliphatic carbocycles. The number of aromatic nitrogens is 4. The van der Waals surface area contributed by atoms with Crippen LogP contribution in [0.3, 0.4) is 0 Å². The highest BCUT2D eigenvalue weighted by Gasteiger charge is 2.31. The summed E-state index contributed by atoms with van der Waals surface area (Å²) in [4.78, 5) is 18.4. The summed E-state index contributed by atoms with van der Waals surface area (Å²) in [5.74, 6) is -0.364. The molecule has 0 aliphatic heterocycles. The summed E-state index contributed by atoms with van der Waals surface area (Å²) in [7, 11) is -3.62. The molecule has 19 heteroatoms. The first kappa shape index (κ1) is 36.3. The third-order valence-electron chi connectivity index (χ3n) is 6.05. The maximum atomic E-state index is 12.9. The van der Waals surface area contributed by atoms with Crippen molar-refractivity contribution >= 4 is 52.9 Å². The van der Waals surface area contributed by atoms with Gasteiger partial charge in [0.2, 0.25) is 5.88 Å². The number of hydrogen-bond donors (Lipinski definition) is 0. The molecule has 0 N–H and O–H groups in total. The second-order valence-electron chi connectivity index (χ2n) is 10.2. The molecule has 0 radical (unpaired) electrons. The van der Waals surface area contributed by atoms with Crippen molar-refractivity contribution in [2.24, 2.45) is 0 Å². The van der Waals surface area contributed by atoms with E-state index in [0.717, 1.165) is 28.1 Å². The minimum Gasteiger partial charge on any atom is -0.438 e. The molecule has 4 aromatic heterocycles. The van der Waals surface area contributed by atoms with E-state index >= 15 is 0 Å². The fraction of sp³-hybridized carbons (Fsp3) is 0.357. The van der Waals surface area contributed by atoms with Crippen molar-refractivity contribution in [3.63, 3.8) is 0 Å². The monoisotopic (exact) mass is 730 g/mol. The van der Waals surface area contributed by atoms with Crippen LogP contribution in [0.25, 0.3) is 20.4 Å². The SMILES string of the molecule is Cc1cc2c(Oc3cccc(C(F)(F)F)c3)nc(CCC(F)(F)F)nc2s1.Cc1cc2c(S(C)(=O)=O)nc(CCC(F)(F)F)nc2s1. The molecule has 0 saturated carbocycles. The Bertz CT molecular complexity index is 2000. The molecule has 0 amide bonds. The molecule has 1 aromatic carbocycles. The van der Waals surface area contributed by atoms with Gasteiger partial charge in [0, 0.05) is 34.2 Å². The van der Waals surface area contributed by atoms with Gasteiger partial charge in [-0.2, -0.15) is 44.5 Å². The number of nitrogens with zero attached hydrogens (tertiary/aromatic N) is 4. The molecule has 4 heterocycles. The Labute approximate surface area is 269 Å². The van der Waals surface area contributed by atoms with Crippen LogP contribution in [-0.4, -0.2) is 47.0 Å². The number of halogens is 9. The van der Waals surface area contributed by atoms with E-state index < -0.39 is 59.6 Å². The smallest absolute Gasteiger partial charge is 0.416 e. The summed E-state index contributed by atoms with van der Waals surface area (Å²) in [5.41, 5.74) is -0.899. The van der Waals surface area contributed by atoms with E-state index in [-0.39, 0.29) is 28.3 Å². The van der Waals surface area contributed by atoms with Gasteiger partial charge in [0.25, 0.3) is 0 Å². The molecule has 7 nitrogen and oxygen atoms in total. The minimum absolute atomic E-state index is 0.0687. The first-order chi connectivity index (χ1) is 21.6. The standard InChI is InChI=1S/C17H12F6N2OS.C11H11F3N2O2S2/c1-9-7-12-14(26-11-4-2-3-10(8-11)17(21,22)23)24-13(25-15(12)27-9)5-6-16(18,19)20;1-6-5-7-9(19-6)15-8(3-4-11(12,13)14)16-10(7)20(2,17)18/h2-4,7-8H,5-6H2,1H3;5H,3-4H2,1-2H3. The highest BCUT2D eigenvalue weighted by Crippen LogP contribution is 2.36. The van der Waals surface area contributed by atoms with Gasteiger partial charge in [-0.15, -0.1) is 22.7 Å². The largest absolute Gasteiger partial charge is 0.438 e. The molecular formula is C28H23F9N4O3S3. The molecule has 0 fully saturated rings. The van der Waals surface area contributed by atoms with Gasteiger partial charge in [-0.25, -0.2) is 23.4 Å². The Morgan fingerprint density at radius 2 is 1.23 bits per heavy atom. The Morgan fingerprint density at radius 3 is 1.74 bits per heavy atom. The highest BCUT2D eigenvalue weighted by atomic mass is 32.2. The summed E-state index contributed by atoms with van der Waals surface area (Å²) in [6.45, 7) is 3.55. The van der Waals surface area contributed by atoms with E-state index in [2.05, 4.69) is 19.9 Å². The van der Waals surface area contributed by atoms with Crippen LogP contribution in [-0.2, 0) is 28.9 Å². The zero-order chi connectivity index (χ0) is 34.9. The number of rotatable bonds is 7. The van der Waals surface area contributed by atoms with Gasteiger partial charge in [0.1, 0.15) is 27.1 Å². The van der Waals surface area contributed by atoms with E-state index in [1.165, 1.54) is 34.8 Å². The predicted molar refractivity (Wildman–Crippen MR) is 158 cm³/mol. The van der Waals surface area contributed by atoms with E-state index in [1.54, 1.807) is 26.0 Å². The van der Waals surface area contributed by atoms with Gasteiger partial charge in [-0.1, -0.05) is 6.07 Å². The molecule has 0 saturated heterocycles. The van der Waals surface area contributed by atoms with E-state index in [0.29, 0.717) is 20.4 Å². The van der Waals surface area contributed by atoms with Crippen LogP contribution < -0.4 is 4.74 Å². The fourth-order valence-electron chi connectivity index (χ4n) is 4.05. The van der Waals surface area contributed by atoms with Crippen molar-refractivity contribution in [2.45, 2.75) is 63.1 Å². The molecule has 0 atom stereocenters. The summed E-state index contributed by atoms with van der Waals surface area (Å²) in [5, 5.41) is 0.598. The van der Waals surface area contributed by atoms with Crippen LogP contribution in [0.4, 0.5) is 39.5 Å². The Morgan fingerprint density at radius 1 is 0.723 bits per heavy atom. The zero-order valence-corrected chi connectivity index (χ0v) is 26.9. The molecule has 5 rings (SSSR count). The number of sulfone groups is 1. The summed E-state index contributed by atoms with van der Waals surface area (Å²) in [6, 6.07) is 7.51. The average molecular weight is 731 g/mol. The fourth-order valence-corrected chi connectivity index (χ4v) is 6.73. The first-order valence-electron chi connectivity index (χ1n) is 13.3. The lowest BCUT2D eigenvalue weighted by Crippen LogP contribution is -2.12. The Hall–Kier alpha value is -3.58. The summed E-state index contributed by atoms with van der Waals surface area (Å²) in [6.07, 6.45) is -15.3. The van der Waals surface area contributed by atoms with Crippen molar-refractivity contribution in [2.75, 3.05) is 6.26 Å². The van der Waals surface area contributed by atoms with Crippen LogP contribution >= 0.6 is 22.7 Å². The molecule has 0 spiro atoms. The van der Waals surface area contributed by atoms with E-state index in [1.807, 2.05) is 0 Å². The van der Waals surface area contributed by atoms with Crippen molar-refractivity contribution in [1.82, 2.24) is 19.9 Å². The number of thiophene rings is 2. The number of benzene rings is 1. The summed E-state index contributed by atoms with van der Waals surface area (Å²) >= 11 is 2.47. The number of hydrogen-bond acceptors (Lipinski definition) is 9. The number of aryl methyl sites for hydroxylation is 4. The van der Waals surface area contributed by atoms with Crippen LogP contribution in [0, 0.1) is 13.8 Å². The number of ether oxygens (including phenoxy) is 1. The topological polar surface area (TPSA) is 94.9 Å². The highest BCUT2D eigenvalue weighted by molar-refractivity contribution is 7.90. The van der Waals surface area contributed by atoms with Gasteiger partial charge < -0.3 is 4.74 Å². The van der Waals surface area contributed by atoms with Crippen LogP contribution in [0.15, 0.2) is 41.4 Å².